The third kappa shape index (κ3) is 2.66. The molecule has 21 heavy (non-hydrogen) atoms. The van der Waals surface area contributed by atoms with Gasteiger partial charge in [0.25, 0.3) is 0 Å². The Morgan fingerprint density at radius 3 is 2.67 bits per heavy atom. The number of nitrogens with two attached hydrogens (primary N) is 1. The van der Waals surface area contributed by atoms with Crippen LogP contribution in [0.15, 0.2) is 69.9 Å². The lowest BCUT2D eigenvalue weighted by Gasteiger charge is -2.11. The largest absolute Gasteiger partial charge is 0.409 e. The van der Waals surface area contributed by atoms with E-state index in [0.29, 0.717) is 5.56 Å². The second-order valence-corrected chi connectivity index (χ2v) is 5.37. The number of fused-ring (bicyclic) bond motifs is 1. The highest BCUT2D eigenvalue weighted by atomic mass is 32.2. The molecular weight excluding hydrogens is 284 g/mol. The van der Waals surface area contributed by atoms with Crippen molar-refractivity contribution in [1.82, 2.24) is 9.97 Å². The molecule has 1 aromatic carbocycles. The second kappa shape index (κ2) is 5.80. The van der Waals surface area contributed by atoms with Crippen LogP contribution in [0.4, 0.5) is 0 Å². The molecule has 2 aromatic heterocycles. The molecule has 6 heteroatoms. The molecular formula is C15H12N4OS. The van der Waals surface area contributed by atoms with Gasteiger partial charge in [-0.05, 0) is 18.2 Å². The molecule has 5 nitrogen and oxygen atoms in total. The fraction of sp³-hybridized carbons (Fsp3) is 0. The van der Waals surface area contributed by atoms with Crippen LogP contribution in [-0.2, 0) is 0 Å². The molecule has 0 saturated carbocycles. The van der Waals surface area contributed by atoms with Crippen LogP contribution in [-0.4, -0.2) is 21.0 Å². The number of benzene rings is 1. The highest BCUT2D eigenvalue weighted by molar-refractivity contribution is 7.99. The van der Waals surface area contributed by atoms with Crippen LogP contribution in [0.1, 0.15) is 5.56 Å². The number of nitrogens with zero attached hydrogens (tertiary/aromatic N) is 3. The van der Waals surface area contributed by atoms with Crippen molar-refractivity contribution >= 4 is 28.5 Å². The standard InChI is InChI=1S/C15H12N4OS/c16-15(19-20)12-9-18-13-4-2-1-3-11(13)14(12)21-10-5-7-17-8-6-10/h1-9,20H,(H2,16,19). The molecule has 104 valence electrons. The number of pyridine rings is 2. The summed E-state index contributed by atoms with van der Waals surface area (Å²) >= 11 is 1.54. The van der Waals surface area contributed by atoms with Gasteiger partial charge < -0.3 is 10.9 Å². The first-order valence-electron chi connectivity index (χ1n) is 6.23. The van der Waals surface area contributed by atoms with E-state index in [4.69, 9.17) is 10.9 Å². The minimum absolute atomic E-state index is 0.0461. The maximum atomic E-state index is 8.97. The van der Waals surface area contributed by atoms with Crippen LogP contribution in [0.2, 0.25) is 0 Å². The number of aromatic nitrogens is 2. The molecule has 3 N–H and O–H groups in total. The quantitative estimate of drug-likeness (QED) is 0.336. The van der Waals surface area contributed by atoms with Gasteiger partial charge in [0, 0.05) is 33.8 Å². The first-order valence-corrected chi connectivity index (χ1v) is 7.05. The van der Waals surface area contributed by atoms with Gasteiger partial charge in [0.05, 0.1) is 11.1 Å². The van der Waals surface area contributed by atoms with Gasteiger partial charge in [-0.2, -0.15) is 0 Å². The normalized spacial score (nSPS) is 11.7. The summed E-state index contributed by atoms with van der Waals surface area (Å²) in [6.07, 6.45) is 5.09. The zero-order chi connectivity index (χ0) is 14.7. The molecule has 2 heterocycles. The minimum Gasteiger partial charge on any atom is -0.409 e. The molecule has 0 radical (unpaired) electrons. The average molecular weight is 296 g/mol. The molecule has 0 saturated heterocycles. The number of hydrogen-bond acceptors (Lipinski definition) is 5. The molecule has 0 fully saturated rings. The van der Waals surface area contributed by atoms with Crippen LogP contribution in [0, 0.1) is 0 Å². The van der Waals surface area contributed by atoms with Gasteiger partial charge in [-0.25, -0.2) is 0 Å². The molecule has 0 spiro atoms. The van der Waals surface area contributed by atoms with Gasteiger partial charge in [-0.1, -0.05) is 35.1 Å². The van der Waals surface area contributed by atoms with Crippen LogP contribution < -0.4 is 5.73 Å². The van der Waals surface area contributed by atoms with E-state index in [9.17, 15) is 0 Å². The Hall–Kier alpha value is -2.60. The summed E-state index contributed by atoms with van der Waals surface area (Å²) < 4.78 is 0. The minimum atomic E-state index is 0.0461. The van der Waals surface area contributed by atoms with Gasteiger partial charge in [0.15, 0.2) is 5.84 Å². The van der Waals surface area contributed by atoms with E-state index in [2.05, 4.69) is 15.1 Å². The van der Waals surface area contributed by atoms with Crippen molar-refractivity contribution in [1.29, 1.82) is 0 Å². The summed E-state index contributed by atoms with van der Waals surface area (Å²) in [6.45, 7) is 0. The summed E-state index contributed by atoms with van der Waals surface area (Å²) in [5.41, 5.74) is 7.25. The molecule has 0 bridgehead atoms. The van der Waals surface area contributed by atoms with E-state index in [0.717, 1.165) is 20.7 Å². The Kier molecular flexibility index (Phi) is 3.70. The summed E-state index contributed by atoms with van der Waals surface area (Å²) in [6, 6.07) is 11.6. The molecule has 0 atom stereocenters. The number of hydrogen-bond donors (Lipinski definition) is 2. The van der Waals surface area contributed by atoms with E-state index in [-0.39, 0.29) is 5.84 Å². The first-order chi connectivity index (χ1) is 10.3. The van der Waals surface area contributed by atoms with E-state index in [1.807, 2.05) is 36.4 Å². The van der Waals surface area contributed by atoms with Crippen molar-refractivity contribution in [3.63, 3.8) is 0 Å². The van der Waals surface area contributed by atoms with Gasteiger partial charge in [-0.3, -0.25) is 9.97 Å². The van der Waals surface area contributed by atoms with Crippen molar-refractivity contribution in [3.8, 4) is 0 Å². The topological polar surface area (TPSA) is 84.4 Å². The zero-order valence-electron chi connectivity index (χ0n) is 11.0. The maximum Gasteiger partial charge on any atom is 0.172 e. The summed E-state index contributed by atoms with van der Waals surface area (Å²) in [7, 11) is 0. The van der Waals surface area contributed by atoms with Gasteiger partial charge in [0.1, 0.15) is 0 Å². The Morgan fingerprint density at radius 1 is 1.14 bits per heavy atom. The predicted octanol–water partition coefficient (Wildman–Crippen LogP) is 2.88. The molecule has 0 amide bonds. The number of amidine groups is 1. The maximum absolute atomic E-state index is 8.97. The van der Waals surface area contributed by atoms with Crippen LogP contribution in [0.3, 0.4) is 0 Å². The van der Waals surface area contributed by atoms with Gasteiger partial charge in [-0.15, -0.1) is 0 Å². The Balaban J connectivity index is 2.21. The Morgan fingerprint density at radius 2 is 1.90 bits per heavy atom. The van der Waals surface area contributed by atoms with Crippen molar-refractivity contribution in [2.75, 3.05) is 0 Å². The molecule has 3 rings (SSSR count). The SMILES string of the molecule is N/C(=N/O)c1cnc2ccccc2c1Sc1ccncc1. The summed E-state index contributed by atoms with van der Waals surface area (Å²) in [5.74, 6) is 0.0461. The predicted molar refractivity (Wildman–Crippen MR) is 82.6 cm³/mol. The van der Waals surface area contributed by atoms with Gasteiger partial charge >= 0.3 is 0 Å². The van der Waals surface area contributed by atoms with Crippen molar-refractivity contribution in [2.45, 2.75) is 9.79 Å². The highest BCUT2D eigenvalue weighted by Crippen LogP contribution is 2.35. The molecule has 0 aliphatic heterocycles. The average Bonchev–Trinajstić information content (AvgIpc) is 2.55. The van der Waals surface area contributed by atoms with E-state index >= 15 is 0 Å². The van der Waals surface area contributed by atoms with Crippen molar-refractivity contribution < 1.29 is 5.21 Å². The number of oxime groups is 1. The summed E-state index contributed by atoms with van der Waals surface area (Å²) in [5, 5.41) is 13.0. The van der Waals surface area contributed by atoms with Crippen LogP contribution >= 0.6 is 11.8 Å². The second-order valence-electron chi connectivity index (χ2n) is 4.29. The fourth-order valence-electron chi connectivity index (χ4n) is 1.99. The molecule has 0 aliphatic rings. The highest BCUT2D eigenvalue weighted by Gasteiger charge is 2.13. The van der Waals surface area contributed by atoms with Crippen molar-refractivity contribution in [3.05, 3.63) is 60.6 Å². The third-order valence-electron chi connectivity index (χ3n) is 2.98. The van der Waals surface area contributed by atoms with E-state index < -0.39 is 0 Å². The van der Waals surface area contributed by atoms with Crippen LogP contribution in [0.25, 0.3) is 10.9 Å². The monoisotopic (exact) mass is 296 g/mol. The van der Waals surface area contributed by atoms with Crippen molar-refractivity contribution in [2.24, 2.45) is 10.9 Å². The molecule has 3 aromatic rings. The lowest BCUT2D eigenvalue weighted by molar-refractivity contribution is 0.318. The lowest BCUT2D eigenvalue weighted by Crippen LogP contribution is -2.14. The van der Waals surface area contributed by atoms with E-state index in [1.165, 1.54) is 11.8 Å². The van der Waals surface area contributed by atoms with Gasteiger partial charge in [0.2, 0.25) is 0 Å². The number of para-hydroxylation sites is 1. The zero-order valence-corrected chi connectivity index (χ0v) is 11.8. The first kappa shape index (κ1) is 13.4. The molecule has 0 unspecified atom stereocenters. The smallest absolute Gasteiger partial charge is 0.172 e. The Labute approximate surface area is 125 Å². The third-order valence-corrected chi connectivity index (χ3v) is 4.13. The number of rotatable bonds is 3. The molecule has 0 aliphatic carbocycles. The lowest BCUT2D eigenvalue weighted by atomic mass is 10.1. The van der Waals surface area contributed by atoms with Crippen LogP contribution in [0.5, 0.6) is 0 Å². The van der Waals surface area contributed by atoms with E-state index in [1.54, 1.807) is 18.6 Å². The fourth-order valence-corrected chi connectivity index (χ4v) is 3.03. The summed E-state index contributed by atoms with van der Waals surface area (Å²) in [4.78, 5) is 10.3. The Bertz CT molecular complexity index is 805.